The Labute approximate surface area is 113 Å². The van der Waals surface area contributed by atoms with Gasteiger partial charge in [0.1, 0.15) is 12.1 Å². The summed E-state index contributed by atoms with van der Waals surface area (Å²) in [5.41, 5.74) is 0. The van der Waals surface area contributed by atoms with Crippen LogP contribution in [0, 0.1) is 5.92 Å². The Kier molecular flexibility index (Phi) is 3.82. The van der Waals surface area contributed by atoms with Gasteiger partial charge in [0.05, 0.1) is 12.7 Å². The summed E-state index contributed by atoms with van der Waals surface area (Å²) in [6.45, 7) is 5.57. The molecule has 0 bridgehead atoms. The molecule has 2 fully saturated rings. The minimum absolute atomic E-state index is 0.457. The molecule has 2 aliphatic heterocycles. The van der Waals surface area contributed by atoms with Crippen LogP contribution in [-0.2, 0) is 4.74 Å². The summed E-state index contributed by atoms with van der Waals surface area (Å²) in [7, 11) is 0. The summed E-state index contributed by atoms with van der Waals surface area (Å²) in [4.78, 5) is 10.8. The fourth-order valence-electron chi connectivity index (χ4n) is 3.03. The largest absolute Gasteiger partial charge is 0.478 e. The van der Waals surface area contributed by atoms with Crippen molar-refractivity contribution in [2.24, 2.45) is 5.92 Å². The highest BCUT2D eigenvalue weighted by atomic mass is 16.5. The van der Waals surface area contributed by atoms with Crippen LogP contribution in [0.15, 0.2) is 12.4 Å². The molecule has 19 heavy (non-hydrogen) atoms. The Morgan fingerprint density at radius 1 is 1.42 bits per heavy atom. The molecule has 5 nitrogen and oxygen atoms in total. The van der Waals surface area contributed by atoms with Gasteiger partial charge in [-0.25, -0.2) is 9.97 Å². The van der Waals surface area contributed by atoms with Gasteiger partial charge in [-0.2, -0.15) is 0 Å². The van der Waals surface area contributed by atoms with Crippen molar-refractivity contribution >= 4 is 5.82 Å². The Morgan fingerprint density at radius 2 is 2.37 bits per heavy atom. The van der Waals surface area contributed by atoms with Crippen LogP contribution in [0.1, 0.15) is 26.2 Å². The Balaban J connectivity index is 1.70. The fourth-order valence-corrected chi connectivity index (χ4v) is 3.03. The second kappa shape index (κ2) is 5.74. The van der Waals surface area contributed by atoms with Gasteiger partial charge in [0.15, 0.2) is 0 Å². The first-order valence-electron chi connectivity index (χ1n) is 7.18. The maximum absolute atomic E-state index is 5.84. The van der Waals surface area contributed by atoms with Crippen molar-refractivity contribution in [3.8, 4) is 5.88 Å². The smallest absolute Gasteiger partial charge is 0.218 e. The molecule has 104 valence electrons. The quantitative estimate of drug-likeness (QED) is 0.833. The van der Waals surface area contributed by atoms with Crippen molar-refractivity contribution in [3.05, 3.63) is 12.4 Å². The summed E-state index contributed by atoms with van der Waals surface area (Å²) in [6, 6.07) is 1.94. The van der Waals surface area contributed by atoms with Crippen LogP contribution >= 0.6 is 0 Å². The number of hydrogen-bond donors (Lipinski definition) is 0. The van der Waals surface area contributed by atoms with E-state index < -0.39 is 0 Å². The number of hydrogen-bond acceptors (Lipinski definition) is 5. The van der Waals surface area contributed by atoms with Crippen LogP contribution in [0.2, 0.25) is 0 Å². The van der Waals surface area contributed by atoms with E-state index >= 15 is 0 Å². The number of nitrogens with zero attached hydrogens (tertiary/aromatic N) is 3. The van der Waals surface area contributed by atoms with E-state index in [1.807, 2.05) is 13.0 Å². The van der Waals surface area contributed by atoms with E-state index in [0.717, 1.165) is 31.9 Å². The molecular weight excluding hydrogens is 242 g/mol. The van der Waals surface area contributed by atoms with Crippen molar-refractivity contribution in [3.63, 3.8) is 0 Å². The number of anilines is 1. The lowest BCUT2D eigenvalue weighted by molar-refractivity contribution is -0.0358. The van der Waals surface area contributed by atoms with Crippen molar-refractivity contribution < 1.29 is 9.47 Å². The van der Waals surface area contributed by atoms with Gasteiger partial charge in [-0.1, -0.05) is 0 Å². The van der Waals surface area contributed by atoms with Gasteiger partial charge in [0, 0.05) is 31.7 Å². The number of piperidine rings is 1. The Hall–Kier alpha value is -1.36. The SMILES string of the molecule is CCOc1cc(N2CC[C@@H]3OCCC[C@H]3C2)ncn1. The van der Waals surface area contributed by atoms with Crippen molar-refractivity contribution in [1.82, 2.24) is 9.97 Å². The van der Waals surface area contributed by atoms with E-state index in [1.54, 1.807) is 6.33 Å². The zero-order chi connectivity index (χ0) is 13.1. The molecule has 0 amide bonds. The van der Waals surface area contributed by atoms with E-state index in [0.29, 0.717) is 24.5 Å². The van der Waals surface area contributed by atoms with Gasteiger partial charge in [0.25, 0.3) is 0 Å². The fraction of sp³-hybridized carbons (Fsp3) is 0.714. The standard InChI is InChI=1S/C14H21N3O2/c1-2-18-14-8-13(15-10-16-14)17-6-5-12-11(9-17)4-3-7-19-12/h8,10-12H,2-7,9H2,1H3/t11-,12-/m0/s1. The van der Waals surface area contributed by atoms with E-state index in [1.165, 1.54) is 12.8 Å². The van der Waals surface area contributed by atoms with E-state index in [-0.39, 0.29) is 0 Å². The second-order valence-corrected chi connectivity index (χ2v) is 5.19. The molecule has 1 aromatic rings. The predicted octanol–water partition coefficient (Wildman–Crippen LogP) is 1.88. The lowest BCUT2D eigenvalue weighted by Crippen LogP contribution is -2.46. The highest BCUT2D eigenvalue weighted by Gasteiger charge is 2.32. The molecule has 0 saturated carbocycles. The maximum atomic E-state index is 5.84. The predicted molar refractivity (Wildman–Crippen MR) is 72.5 cm³/mol. The van der Waals surface area contributed by atoms with Gasteiger partial charge in [0.2, 0.25) is 5.88 Å². The van der Waals surface area contributed by atoms with Crippen LogP contribution in [0.5, 0.6) is 5.88 Å². The number of rotatable bonds is 3. The van der Waals surface area contributed by atoms with Crippen LogP contribution in [0.3, 0.4) is 0 Å². The molecular formula is C14H21N3O2. The van der Waals surface area contributed by atoms with Gasteiger partial charge >= 0.3 is 0 Å². The average molecular weight is 263 g/mol. The topological polar surface area (TPSA) is 47.5 Å². The molecule has 2 atom stereocenters. The minimum Gasteiger partial charge on any atom is -0.478 e. The molecule has 0 N–H and O–H groups in total. The van der Waals surface area contributed by atoms with Crippen LogP contribution in [-0.4, -0.2) is 42.4 Å². The molecule has 0 aliphatic carbocycles. The first kappa shape index (κ1) is 12.7. The van der Waals surface area contributed by atoms with E-state index in [2.05, 4.69) is 14.9 Å². The molecule has 2 saturated heterocycles. The first-order valence-corrected chi connectivity index (χ1v) is 7.18. The minimum atomic E-state index is 0.457. The molecule has 0 radical (unpaired) electrons. The second-order valence-electron chi connectivity index (χ2n) is 5.19. The van der Waals surface area contributed by atoms with E-state index in [4.69, 9.17) is 9.47 Å². The zero-order valence-electron chi connectivity index (χ0n) is 11.4. The number of aromatic nitrogens is 2. The first-order chi connectivity index (χ1) is 9.36. The summed E-state index contributed by atoms with van der Waals surface area (Å²) in [5, 5.41) is 0. The Bertz CT molecular complexity index is 427. The molecule has 1 aromatic heterocycles. The number of ether oxygens (including phenoxy) is 2. The third-order valence-electron chi connectivity index (χ3n) is 3.96. The van der Waals surface area contributed by atoms with Gasteiger partial charge in [-0.3, -0.25) is 0 Å². The maximum Gasteiger partial charge on any atom is 0.218 e. The van der Waals surface area contributed by atoms with Gasteiger partial charge in [-0.15, -0.1) is 0 Å². The highest BCUT2D eigenvalue weighted by molar-refractivity contribution is 5.41. The van der Waals surface area contributed by atoms with E-state index in [9.17, 15) is 0 Å². The number of fused-ring (bicyclic) bond motifs is 1. The summed E-state index contributed by atoms with van der Waals surface area (Å²) in [6.07, 6.45) is 5.59. The monoisotopic (exact) mass is 263 g/mol. The normalized spacial score (nSPS) is 26.9. The van der Waals surface area contributed by atoms with Crippen molar-refractivity contribution in [2.45, 2.75) is 32.3 Å². The summed E-state index contributed by atoms with van der Waals surface area (Å²) < 4.78 is 11.3. The molecule has 0 unspecified atom stereocenters. The third-order valence-corrected chi connectivity index (χ3v) is 3.96. The molecule has 0 aromatic carbocycles. The van der Waals surface area contributed by atoms with Crippen LogP contribution < -0.4 is 9.64 Å². The zero-order valence-corrected chi connectivity index (χ0v) is 11.4. The molecule has 0 spiro atoms. The summed E-state index contributed by atoms with van der Waals surface area (Å²) in [5.74, 6) is 2.28. The van der Waals surface area contributed by atoms with Crippen LogP contribution in [0.4, 0.5) is 5.82 Å². The van der Waals surface area contributed by atoms with Crippen LogP contribution in [0.25, 0.3) is 0 Å². The molecule has 3 rings (SSSR count). The Morgan fingerprint density at radius 3 is 3.26 bits per heavy atom. The third kappa shape index (κ3) is 2.81. The summed E-state index contributed by atoms with van der Waals surface area (Å²) >= 11 is 0. The lowest BCUT2D eigenvalue weighted by Gasteiger charge is -2.41. The van der Waals surface area contributed by atoms with Crippen molar-refractivity contribution in [1.29, 1.82) is 0 Å². The van der Waals surface area contributed by atoms with Crippen molar-refractivity contribution in [2.75, 3.05) is 31.2 Å². The average Bonchev–Trinajstić information content (AvgIpc) is 2.47. The van der Waals surface area contributed by atoms with Gasteiger partial charge in [-0.05, 0) is 26.2 Å². The lowest BCUT2D eigenvalue weighted by atomic mass is 9.88. The highest BCUT2D eigenvalue weighted by Crippen LogP contribution is 2.30. The molecule has 2 aliphatic rings. The van der Waals surface area contributed by atoms with Gasteiger partial charge < -0.3 is 14.4 Å². The molecule has 3 heterocycles. The molecule has 5 heteroatoms.